The number of carbonyl (C=O) groups excluding carboxylic acids is 1. The first-order valence-electron chi connectivity index (χ1n) is 10.5. The van der Waals surface area contributed by atoms with Gasteiger partial charge in [-0.1, -0.05) is 39.0 Å². The summed E-state index contributed by atoms with van der Waals surface area (Å²) in [5, 5.41) is 6.51. The average molecular weight is 394 g/mol. The summed E-state index contributed by atoms with van der Waals surface area (Å²) < 4.78 is 5.41. The molecule has 0 radical (unpaired) electrons. The Morgan fingerprint density at radius 3 is 2.52 bits per heavy atom. The Hall–Kier alpha value is -2.37. The first-order valence-corrected chi connectivity index (χ1v) is 10.5. The van der Waals surface area contributed by atoms with Gasteiger partial charge in [0, 0.05) is 37.6 Å². The SMILES string of the molecule is CC(C)(C)c1ccc2c(c1)CNCC2C(=O)Nc1ccc(N2CCOCC2)cc1. The highest BCUT2D eigenvalue weighted by Crippen LogP contribution is 2.31. The van der Waals surface area contributed by atoms with E-state index in [1.807, 2.05) is 12.1 Å². The van der Waals surface area contributed by atoms with Gasteiger partial charge in [-0.25, -0.2) is 0 Å². The largest absolute Gasteiger partial charge is 0.378 e. The molecule has 2 N–H and O–H groups in total. The van der Waals surface area contributed by atoms with Crippen LogP contribution in [0.3, 0.4) is 0 Å². The van der Waals surface area contributed by atoms with Gasteiger partial charge in [0.15, 0.2) is 0 Å². The lowest BCUT2D eigenvalue weighted by Gasteiger charge is -2.29. The Morgan fingerprint density at radius 2 is 1.83 bits per heavy atom. The zero-order valence-corrected chi connectivity index (χ0v) is 17.6. The summed E-state index contributed by atoms with van der Waals surface area (Å²) in [4.78, 5) is 15.3. The van der Waals surface area contributed by atoms with E-state index >= 15 is 0 Å². The van der Waals surface area contributed by atoms with Gasteiger partial charge in [-0.3, -0.25) is 4.79 Å². The maximum atomic E-state index is 13.0. The van der Waals surface area contributed by atoms with Crippen molar-refractivity contribution in [1.82, 2.24) is 5.32 Å². The maximum Gasteiger partial charge on any atom is 0.233 e. The molecule has 4 rings (SSSR count). The molecule has 1 amide bonds. The van der Waals surface area contributed by atoms with Crippen LogP contribution in [0.5, 0.6) is 0 Å². The minimum atomic E-state index is -0.174. The number of hydrogen-bond acceptors (Lipinski definition) is 4. The lowest BCUT2D eigenvalue weighted by atomic mass is 9.82. The topological polar surface area (TPSA) is 53.6 Å². The van der Waals surface area contributed by atoms with Gasteiger partial charge in [-0.05, 0) is 46.4 Å². The monoisotopic (exact) mass is 393 g/mol. The third-order valence-electron chi connectivity index (χ3n) is 5.88. The van der Waals surface area contributed by atoms with Gasteiger partial charge in [0.05, 0.1) is 19.1 Å². The van der Waals surface area contributed by atoms with Gasteiger partial charge in [-0.2, -0.15) is 0 Å². The molecular weight excluding hydrogens is 362 g/mol. The molecule has 2 aliphatic rings. The van der Waals surface area contributed by atoms with Crippen LogP contribution in [0, 0.1) is 0 Å². The average Bonchev–Trinajstić information content (AvgIpc) is 2.73. The molecule has 5 heteroatoms. The van der Waals surface area contributed by atoms with Crippen LogP contribution in [0.25, 0.3) is 0 Å². The standard InChI is InChI=1S/C24H31N3O2/c1-24(2,3)18-4-9-21-17(14-18)15-25-16-22(21)23(28)26-19-5-7-20(8-6-19)27-10-12-29-13-11-27/h4-9,14,22,25H,10-13,15-16H2,1-3H3,(H,26,28). The Kier molecular flexibility index (Phi) is 5.61. The van der Waals surface area contributed by atoms with Crippen LogP contribution in [0.2, 0.25) is 0 Å². The van der Waals surface area contributed by atoms with E-state index in [4.69, 9.17) is 4.74 Å². The molecule has 1 atom stereocenters. The van der Waals surface area contributed by atoms with Gasteiger partial charge in [0.1, 0.15) is 0 Å². The van der Waals surface area contributed by atoms with E-state index in [9.17, 15) is 4.79 Å². The Morgan fingerprint density at radius 1 is 1.10 bits per heavy atom. The predicted octanol–water partition coefficient (Wildman–Crippen LogP) is 3.65. The summed E-state index contributed by atoms with van der Waals surface area (Å²) >= 11 is 0. The van der Waals surface area contributed by atoms with Gasteiger partial charge >= 0.3 is 0 Å². The number of carbonyl (C=O) groups is 1. The highest BCUT2D eigenvalue weighted by molar-refractivity contribution is 5.96. The van der Waals surface area contributed by atoms with Gasteiger partial charge in [-0.15, -0.1) is 0 Å². The van der Waals surface area contributed by atoms with Crippen LogP contribution in [0.4, 0.5) is 11.4 Å². The van der Waals surface area contributed by atoms with E-state index in [0.29, 0.717) is 6.54 Å². The molecular formula is C24H31N3O2. The smallest absolute Gasteiger partial charge is 0.233 e. The summed E-state index contributed by atoms with van der Waals surface area (Å²) in [5.74, 6) is -0.132. The van der Waals surface area contributed by atoms with Crippen molar-refractivity contribution < 1.29 is 9.53 Å². The molecule has 2 aliphatic heterocycles. The van der Waals surface area contributed by atoms with E-state index in [1.165, 1.54) is 16.8 Å². The molecule has 1 fully saturated rings. The highest BCUT2D eigenvalue weighted by Gasteiger charge is 2.27. The number of ether oxygens (including phenoxy) is 1. The molecule has 0 aliphatic carbocycles. The Labute approximate surface area is 173 Å². The highest BCUT2D eigenvalue weighted by atomic mass is 16.5. The molecule has 2 heterocycles. The van der Waals surface area contributed by atoms with Crippen LogP contribution in [0.15, 0.2) is 42.5 Å². The van der Waals surface area contributed by atoms with Gasteiger partial charge in [0.2, 0.25) is 5.91 Å². The lowest BCUT2D eigenvalue weighted by Crippen LogP contribution is -2.36. The second-order valence-corrected chi connectivity index (χ2v) is 8.98. The number of anilines is 2. The van der Waals surface area contributed by atoms with Crippen LogP contribution >= 0.6 is 0 Å². The molecule has 1 unspecified atom stereocenters. The van der Waals surface area contributed by atoms with Crippen molar-refractivity contribution in [1.29, 1.82) is 0 Å². The number of rotatable bonds is 3. The zero-order valence-electron chi connectivity index (χ0n) is 17.6. The molecule has 5 nitrogen and oxygen atoms in total. The number of hydrogen-bond donors (Lipinski definition) is 2. The number of nitrogens with zero attached hydrogens (tertiary/aromatic N) is 1. The van der Waals surface area contributed by atoms with Crippen LogP contribution in [-0.4, -0.2) is 38.8 Å². The molecule has 0 bridgehead atoms. The number of benzene rings is 2. The fraction of sp³-hybridized carbons (Fsp3) is 0.458. The van der Waals surface area contributed by atoms with E-state index in [-0.39, 0.29) is 17.2 Å². The Bertz CT molecular complexity index is 865. The molecule has 29 heavy (non-hydrogen) atoms. The molecule has 1 saturated heterocycles. The molecule has 0 spiro atoms. The minimum Gasteiger partial charge on any atom is -0.378 e. The van der Waals surface area contributed by atoms with Crippen molar-refractivity contribution in [2.45, 2.75) is 38.6 Å². The summed E-state index contributed by atoms with van der Waals surface area (Å²) in [6.45, 7) is 11.5. The number of morpholine rings is 1. The third kappa shape index (κ3) is 4.46. The minimum absolute atomic E-state index is 0.0427. The fourth-order valence-corrected chi connectivity index (χ4v) is 4.07. The molecule has 0 aromatic heterocycles. The number of nitrogens with one attached hydrogen (secondary N) is 2. The Balaban J connectivity index is 1.47. The quantitative estimate of drug-likeness (QED) is 0.836. The normalized spacial score (nSPS) is 19.6. The summed E-state index contributed by atoms with van der Waals surface area (Å²) in [7, 11) is 0. The van der Waals surface area contributed by atoms with E-state index in [1.54, 1.807) is 0 Å². The van der Waals surface area contributed by atoms with Crippen molar-refractivity contribution in [2.75, 3.05) is 43.1 Å². The maximum absolute atomic E-state index is 13.0. The molecule has 154 valence electrons. The summed E-state index contributed by atoms with van der Waals surface area (Å²) in [6.07, 6.45) is 0. The predicted molar refractivity (Wildman–Crippen MR) is 118 cm³/mol. The van der Waals surface area contributed by atoms with Crippen molar-refractivity contribution in [3.63, 3.8) is 0 Å². The van der Waals surface area contributed by atoms with Crippen molar-refractivity contribution in [3.8, 4) is 0 Å². The van der Waals surface area contributed by atoms with E-state index < -0.39 is 0 Å². The first kappa shape index (κ1) is 19.9. The first-order chi connectivity index (χ1) is 13.9. The van der Waals surface area contributed by atoms with Crippen molar-refractivity contribution >= 4 is 17.3 Å². The lowest BCUT2D eigenvalue weighted by molar-refractivity contribution is -0.117. The third-order valence-corrected chi connectivity index (χ3v) is 5.88. The molecule has 0 saturated carbocycles. The number of amides is 1. The van der Waals surface area contributed by atoms with Crippen molar-refractivity contribution in [3.05, 3.63) is 59.2 Å². The summed E-state index contributed by atoms with van der Waals surface area (Å²) in [5.41, 5.74) is 5.78. The van der Waals surface area contributed by atoms with Crippen molar-refractivity contribution in [2.24, 2.45) is 0 Å². The second kappa shape index (κ2) is 8.17. The summed E-state index contributed by atoms with van der Waals surface area (Å²) in [6, 6.07) is 14.7. The van der Waals surface area contributed by atoms with Crippen LogP contribution in [-0.2, 0) is 21.5 Å². The molecule has 2 aromatic carbocycles. The van der Waals surface area contributed by atoms with E-state index in [0.717, 1.165) is 44.1 Å². The van der Waals surface area contributed by atoms with Crippen LogP contribution in [0.1, 0.15) is 43.4 Å². The molecule has 2 aromatic rings. The van der Waals surface area contributed by atoms with Gasteiger partial charge < -0.3 is 20.3 Å². The van der Waals surface area contributed by atoms with Crippen LogP contribution < -0.4 is 15.5 Å². The zero-order chi connectivity index (χ0) is 20.4. The second-order valence-electron chi connectivity index (χ2n) is 8.98. The number of fused-ring (bicyclic) bond motifs is 1. The van der Waals surface area contributed by atoms with E-state index in [2.05, 4.69) is 66.6 Å². The van der Waals surface area contributed by atoms with Gasteiger partial charge in [0.25, 0.3) is 0 Å². The fourth-order valence-electron chi connectivity index (χ4n) is 4.07.